The summed E-state index contributed by atoms with van der Waals surface area (Å²) in [6.07, 6.45) is 8.51. The van der Waals surface area contributed by atoms with Crippen LogP contribution in [0.1, 0.15) is 42.5 Å². The monoisotopic (exact) mass is 339 g/mol. The molecule has 4 heteroatoms. The van der Waals surface area contributed by atoms with Gasteiger partial charge in [0.1, 0.15) is 0 Å². The molecule has 2 fully saturated rings. The standard InChI is InChI=1S/C21H29N3O/c1-22-15-18(17-9-3-4-11-20(17)22)21(25)23(2)14-16-8-7-13-24-12-6-5-10-19(16)24/h3-4,9,11,15-16,19H,5-8,10,12-14H2,1-2H3/t16-,19+/m0/s1. The smallest absolute Gasteiger partial charge is 0.255 e. The molecule has 3 heterocycles. The summed E-state index contributed by atoms with van der Waals surface area (Å²) in [5.74, 6) is 0.780. The van der Waals surface area contributed by atoms with Gasteiger partial charge in [-0.25, -0.2) is 0 Å². The number of rotatable bonds is 3. The lowest BCUT2D eigenvalue weighted by Gasteiger charge is -2.45. The zero-order valence-electron chi connectivity index (χ0n) is 15.4. The Morgan fingerprint density at radius 2 is 1.96 bits per heavy atom. The second-order valence-electron chi connectivity index (χ2n) is 7.86. The Morgan fingerprint density at radius 3 is 2.84 bits per heavy atom. The van der Waals surface area contributed by atoms with Crippen LogP contribution in [0.5, 0.6) is 0 Å². The maximum Gasteiger partial charge on any atom is 0.255 e. The molecule has 2 aromatic rings. The molecule has 2 saturated heterocycles. The van der Waals surface area contributed by atoms with Crippen LogP contribution >= 0.6 is 0 Å². The van der Waals surface area contributed by atoms with Crippen LogP contribution in [-0.2, 0) is 7.05 Å². The molecule has 0 unspecified atom stereocenters. The van der Waals surface area contributed by atoms with E-state index in [9.17, 15) is 4.79 Å². The van der Waals surface area contributed by atoms with Crippen molar-refractivity contribution in [3.63, 3.8) is 0 Å². The zero-order chi connectivity index (χ0) is 17.4. The average molecular weight is 339 g/mol. The minimum absolute atomic E-state index is 0.157. The number of aromatic nitrogens is 1. The third-order valence-electron chi connectivity index (χ3n) is 6.21. The van der Waals surface area contributed by atoms with Gasteiger partial charge < -0.3 is 14.4 Å². The lowest BCUT2D eigenvalue weighted by atomic mass is 9.83. The molecule has 0 N–H and O–H groups in total. The molecule has 0 bridgehead atoms. The van der Waals surface area contributed by atoms with E-state index in [4.69, 9.17) is 0 Å². The van der Waals surface area contributed by atoms with E-state index < -0.39 is 0 Å². The number of hydrogen-bond acceptors (Lipinski definition) is 2. The maximum atomic E-state index is 13.1. The van der Waals surface area contributed by atoms with Gasteiger partial charge in [-0.1, -0.05) is 24.6 Å². The molecule has 0 aliphatic carbocycles. The van der Waals surface area contributed by atoms with Crippen LogP contribution < -0.4 is 0 Å². The van der Waals surface area contributed by atoms with E-state index in [0.29, 0.717) is 12.0 Å². The topological polar surface area (TPSA) is 28.5 Å². The van der Waals surface area contributed by atoms with Gasteiger partial charge in [-0.2, -0.15) is 0 Å². The fourth-order valence-electron chi connectivity index (χ4n) is 4.94. The summed E-state index contributed by atoms with van der Waals surface area (Å²) < 4.78 is 2.06. The molecule has 25 heavy (non-hydrogen) atoms. The summed E-state index contributed by atoms with van der Waals surface area (Å²) in [6, 6.07) is 8.86. The van der Waals surface area contributed by atoms with Crippen LogP contribution in [0.25, 0.3) is 10.9 Å². The number of nitrogens with zero attached hydrogens (tertiary/aromatic N) is 3. The van der Waals surface area contributed by atoms with Crippen molar-refractivity contribution in [1.29, 1.82) is 0 Å². The number of para-hydroxylation sites is 1. The summed E-state index contributed by atoms with van der Waals surface area (Å²) in [5.41, 5.74) is 1.95. The van der Waals surface area contributed by atoms with Crippen LogP contribution in [0.15, 0.2) is 30.5 Å². The van der Waals surface area contributed by atoms with E-state index in [1.807, 2.05) is 37.3 Å². The molecule has 0 radical (unpaired) electrons. The Bertz CT molecular complexity index is 764. The molecule has 0 spiro atoms. The first-order valence-electron chi connectivity index (χ1n) is 9.68. The number of benzene rings is 1. The fraction of sp³-hybridized carbons (Fsp3) is 0.571. The number of fused-ring (bicyclic) bond motifs is 2. The first-order valence-corrected chi connectivity index (χ1v) is 9.68. The number of amides is 1. The van der Waals surface area contributed by atoms with E-state index in [2.05, 4.69) is 21.6 Å². The van der Waals surface area contributed by atoms with Crippen molar-refractivity contribution in [2.24, 2.45) is 13.0 Å². The number of carbonyl (C=O) groups excluding carboxylic acids is 1. The summed E-state index contributed by atoms with van der Waals surface area (Å²) in [7, 11) is 3.99. The third-order valence-corrected chi connectivity index (χ3v) is 6.21. The van der Waals surface area contributed by atoms with E-state index in [0.717, 1.165) is 23.0 Å². The lowest BCUT2D eigenvalue weighted by molar-refractivity contribution is 0.0403. The van der Waals surface area contributed by atoms with Crippen molar-refractivity contribution in [3.05, 3.63) is 36.0 Å². The van der Waals surface area contributed by atoms with Crippen LogP contribution in [0, 0.1) is 5.92 Å². The fourth-order valence-corrected chi connectivity index (χ4v) is 4.94. The first kappa shape index (κ1) is 16.6. The first-order chi connectivity index (χ1) is 12.1. The molecular formula is C21H29N3O. The highest BCUT2D eigenvalue weighted by Gasteiger charge is 2.34. The highest BCUT2D eigenvalue weighted by molar-refractivity contribution is 6.06. The Morgan fingerprint density at radius 1 is 1.16 bits per heavy atom. The van der Waals surface area contributed by atoms with Crippen molar-refractivity contribution in [3.8, 4) is 0 Å². The molecular weight excluding hydrogens is 310 g/mol. The van der Waals surface area contributed by atoms with E-state index in [1.54, 1.807) is 0 Å². The Kier molecular flexibility index (Phi) is 4.55. The number of carbonyl (C=O) groups is 1. The van der Waals surface area contributed by atoms with Gasteiger partial charge in [0.05, 0.1) is 5.56 Å². The highest BCUT2D eigenvalue weighted by Crippen LogP contribution is 2.31. The van der Waals surface area contributed by atoms with Crippen molar-refractivity contribution in [1.82, 2.24) is 14.4 Å². The van der Waals surface area contributed by atoms with Gasteiger partial charge >= 0.3 is 0 Å². The second-order valence-corrected chi connectivity index (χ2v) is 7.86. The lowest BCUT2D eigenvalue weighted by Crippen LogP contribution is -2.51. The molecule has 2 aliphatic rings. The van der Waals surface area contributed by atoms with E-state index in [1.165, 1.54) is 45.2 Å². The molecule has 2 atom stereocenters. The molecule has 4 nitrogen and oxygen atoms in total. The van der Waals surface area contributed by atoms with Gasteiger partial charge in [0.2, 0.25) is 0 Å². The number of piperidine rings is 2. The summed E-state index contributed by atoms with van der Waals surface area (Å²) in [6.45, 7) is 3.38. The van der Waals surface area contributed by atoms with Gasteiger partial charge in [-0.15, -0.1) is 0 Å². The SMILES string of the molecule is CN(C[C@@H]1CCCN2CCCC[C@H]12)C(=O)c1cn(C)c2ccccc12. The summed E-state index contributed by atoms with van der Waals surface area (Å²) in [5, 5.41) is 1.06. The second kappa shape index (κ2) is 6.83. The Hall–Kier alpha value is -1.81. The molecule has 4 rings (SSSR count). The van der Waals surface area contributed by atoms with Crippen molar-refractivity contribution in [2.45, 2.75) is 38.1 Å². The zero-order valence-corrected chi connectivity index (χ0v) is 15.4. The third kappa shape index (κ3) is 3.08. The van der Waals surface area contributed by atoms with Crippen molar-refractivity contribution >= 4 is 16.8 Å². The normalized spacial score (nSPS) is 24.2. The van der Waals surface area contributed by atoms with Crippen molar-refractivity contribution in [2.75, 3.05) is 26.7 Å². The quantitative estimate of drug-likeness (QED) is 0.856. The molecule has 2 aliphatic heterocycles. The minimum atomic E-state index is 0.157. The highest BCUT2D eigenvalue weighted by atomic mass is 16.2. The van der Waals surface area contributed by atoms with E-state index in [-0.39, 0.29) is 5.91 Å². The molecule has 1 aromatic carbocycles. The summed E-state index contributed by atoms with van der Waals surface area (Å²) in [4.78, 5) is 17.7. The average Bonchev–Trinajstić information content (AvgIpc) is 2.98. The van der Waals surface area contributed by atoms with Crippen LogP contribution in [0.2, 0.25) is 0 Å². The minimum Gasteiger partial charge on any atom is -0.350 e. The number of hydrogen-bond donors (Lipinski definition) is 0. The van der Waals surface area contributed by atoms with Gasteiger partial charge in [-0.05, 0) is 50.8 Å². The van der Waals surface area contributed by atoms with Crippen LogP contribution in [-0.4, -0.2) is 53.0 Å². The largest absolute Gasteiger partial charge is 0.350 e. The van der Waals surface area contributed by atoms with Gasteiger partial charge in [0.25, 0.3) is 5.91 Å². The molecule has 1 amide bonds. The molecule has 0 saturated carbocycles. The summed E-state index contributed by atoms with van der Waals surface area (Å²) >= 11 is 0. The Balaban J connectivity index is 1.52. The molecule has 1 aromatic heterocycles. The predicted molar refractivity (Wildman–Crippen MR) is 102 cm³/mol. The van der Waals surface area contributed by atoms with Crippen LogP contribution in [0.4, 0.5) is 0 Å². The van der Waals surface area contributed by atoms with Crippen LogP contribution in [0.3, 0.4) is 0 Å². The van der Waals surface area contributed by atoms with Gasteiger partial charge in [0.15, 0.2) is 0 Å². The van der Waals surface area contributed by atoms with Crippen molar-refractivity contribution < 1.29 is 4.79 Å². The van der Waals surface area contributed by atoms with E-state index >= 15 is 0 Å². The Labute approximate surface area is 150 Å². The van der Waals surface area contributed by atoms with Gasteiger partial charge in [0, 0.05) is 43.8 Å². The predicted octanol–water partition coefficient (Wildman–Crippen LogP) is 3.51. The number of aryl methyl sites for hydroxylation is 1. The van der Waals surface area contributed by atoms with Gasteiger partial charge in [-0.3, -0.25) is 4.79 Å². The molecule has 134 valence electrons. The maximum absolute atomic E-state index is 13.1.